The van der Waals surface area contributed by atoms with Gasteiger partial charge in [0, 0.05) is 23.8 Å². The molecule has 2 N–H and O–H groups in total. The molecule has 0 spiro atoms. The van der Waals surface area contributed by atoms with Crippen molar-refractivity contribution in [2.45, 2.75) is 52.2 Å². The predicted octanol–water partition coefficient (Wildman–Crippen LogP) is 4.71. The lowest BCUT2D eigenvalue weighted by Crippen LogP contribution is -2.36. The maximum atomic E-state index is 13.9. The number of aromatic nitrogens is 2. The molecule has 1 aromatic heterocycles. The van der Waals surface area contributed by atoms with Gasteiger partial charge in [0.25, 0.3) is 5.91 Å². The number of halogens is 1. The van der Waals surface area contributed by atoms with Crippen LogP contribution in [0.15, 0.2) is 46.9 Å². The second-order valence-electron chi connectivity index (χ2n) is 9.40. The fourth-order valence-electron chi connectivity index (χ4n) is 4.52. The van der Waals surface area contributed by atoms with Crippen LogP contribution in [-0.2, 0) is 6.61 Å². The summed E-state index contributed by atoms with van der Waals surface area (Å²) in [6.07, 6.45) is 4.89. The molecule has 1 aliphatic rings. The maximum absolute atomic E-state index is 13.9. The van der Waals surface area contributed by atoms with Crippen molar-refractivity contribution in [3.8, 4) is 11.5 Å². The highest BCUT2D eigenvalue weighted by Gasteiger charge is 2.21. The van der Waals surface area contributed by atoms with E-state index in [4.69, 9.17) is 4.42 Å². The highest BCUT2D eigenvalue weighted by molar-refractivity contribution is 6.04. The summed E-state index contributed by atoms with van der Waals surface area (Å²) in [4.78, 5) is 17.1. The summed E-state index contributed by atoms with van der Waals surface area (Å²) in [5.41, 5.74) is 1.47. The Labute approximate surface area is 211 Å². The van der Waals surface area contributed by atoms with Gasteiger partial charge < -0.3 is 24.6 Å². The summed E-state index contributed by atoms with van der Waals surface area (Å²) in [7, 11) is 0. The Bertz CT molecular complexity index is 1160. The van der Waals surface area contributed by atoms with Crippen LogP contribution in [0.4, 0.5) is 16.1 Å². The predicted molar refractivity (Wildman–Crippen MR) is 137 cm³/mol. The van der Waals surface area contributed by atoms with Crippen molar-refractivity contribution in [2.75, 3.05) is 36.4 Å². The van der Waals surface area contributed by atoms with Crippen molar-refractivity contribution in [1.29, 1.82) is 0 Å². The van der Waals surface area contributed by atoms with Crippen molar-refractivity contribution >= 4 is 17.6 Å². The lowest BCUT2D eigenvalue weighted by Gasteiger charge is -2.29. The monoisotopic (exact) mass is 495 g/mol. The number of piperidine rings is 1. The molecule has 2 heterocycles. The SMILES string of the molecule is CC(C)N(CCCN1CCCCC1)c1nnc(-c2ccc(NC(=O)c3ccccc3F)cc2CO)o1. The quantitative estimate of drug-likeness (QED) is 0.421. The standard InChI is InChI=1S/C27H34FN5O3/c1-19(2)33(16-8-15-32-13-6-3-7-14-32)27-31-30-26(36-27)22-12-11-21(17-20(22)18-34)29-25(35)23-9-4-5-10-24(23)28/h4-5,9-12,17,19,34H,3,6-8,13-16,18H2,1-2H3,(H,29,35). The van der Waals surface area contributed by atoms with Crippen LogP contribution >= 0.6 is 0 Å². The second-order valence-corrected chi connectivity index (χ2v) is 9.40. The summed E-state index contributed by atoms with van der Waals surface area (Å²) in [5, 5.41) is 21.1. The highest BCUT2D eigenvalue weighted by atomic mass is 19.1. The number of carbonyl (C=O) groups excluding carboxylic acids is 1. The molecule has 192 valence electrons. The van der Waals surface area contributed by atoms with Gasteiger partial charge in [0.15, 0.2) is 0 Å². The topological polar surface area (TPSA) is 94.7 Å². The minimum atomic E-state index is -0.599. The van der Waals surface area contributed by atoms with Gasteiger partial charge in [-0.25, -0.2) is 4.39 Å². The minimum absolute atomic E-state index is 0.0530. The molecule has 1 saturated heterocycles. The smallest absolute Gasteiger partial charge is 0.318 e. The van der Waals surface area contributed by atoms with Gasteiger partial charge in [-0.3, -0.25) is 4.79 Å². The van der Waals surface area contributed by atoms with Crippen LogP contribution < -0.4 is 10.2 Å². The Morgan fingerprint density at radius 2 is 1.94 bits per heavy atom. The molecule has 0 bridgehead atoms. The number of nitrogens with zero attached hydrogens (tertiary/aromatic N) is 4. The van der Waals surface area contributed by atoms with E-state index in [-0.39, 0.29) is 18.2 Å². The van der Waals surface area contributed by atoms with Crippen molar-refractivity contribution in [3.05, 3.63) is 59.4 Å². The van der Waals surface area contributed by atoms with Gasteiger partial charge in [0.2, 0.25) is 5.89 Å². The van der Waals surface area contributed by atoms with Crippen LogP contribution in [0.3, 0.4) is 0 Å². The van der Waals surface area contributed by atoms with Gasteiger partial charge in [-0.1, -0.05) is 23.7 Å². The summed E-state index contributed by atoms with van der Waals surface area (Å²) in [6, 6.07) is 11.4. The molecule has 36 heavy (non-hydrogen) atoms. The van der Waals surface area contributed by atoms with Crippen LogP contribution in [-0.4, -0.2) is 58.3 Å². The molecule has 9 heteroatoms. The van der Waals surface area contributed by atoms with Crippen LogP contribution in [0.1, 0.15) is 55.5 Å². The molecule has 8 nitrogen and oxygen atoms in total. The molecule has 1 aliphatic heterocycles. The number of benzene rings is 2. The number of hydrogen-bond donors (Lipinski definition) is 2. The maximum Gasteiger partial charge on any atom is 0.318 e. The molecule has 1 fully saturated rings. The number of nitrogens with one attached hydrogen (secondary N) is 1. The molecule has 0 radical (unpaired) electrons. The molecule has 2 aromatic carbocycles. The lowest BCUT2D eigenvalue weighted by molar-refractivity contribution is 0.102. The number of aliphatic hydroxyl groups is 1. The van der Waals surface area contributed by atoms with Crippen molar-refractivity contribution in [3.63, 3.8) is 0 Å². The van der Waals surface area contributed by atoms with Crippen LogP contribution in [0.5, 0.6) is 0 Å². The highest BCUT2D eigenvalue weighted by Crippen LogP contribution is 2.29. The van der Waals surface area contributed by atoms with Gasteiger partial charge in [0.05, 0.1) is 12.2 Å². The van der Waals surface area contributed by atoms with E-state index in [9.17, 15) is 14.3 Å². The fourth-order valence-corrected chi connectivity index (χ4v) is 4.52. The first-order chi connectivity index (χ1) is 17.5. The Kier molecular flexibility index (Phi) is 8.66. The average molecular weight is 496 g/mol. The molecule has 0 atom stereocenters. The minimum Gasteiger partial charge on any atom is -0.403 e. The average Bonchev–Trinajstić information content (AvgIpc) is 3.36. The number of hydrogen-bond acceptors (Lipinski definition) is 7. The summed E-state index contributed by atoms with van der Waals surface area (Å²) in [5.74, 6) is -0.873. The molecule has 4 rings (SSSR count). The molecular weight excluding hydrogens is 461 g/mol. The number of aliphatic hydroxyl groups excluding tert-OH is 1. The normalized spacial score (nSPS) is 14.2. The number of anilines is 2. The Morgan fingerprint density at radius 1 is 1.17 bits per heavy atom. The number of likely N-dealkylation sites (tertiary alicyclic amines) is 1. The van der Waals surface area contributed by atoms with Crippen LogP contribution in [0.2, 0.25) is 0 Å². The van der Waals surface area contributed by atoms with Gasteiger partial charge in [-0.2, -0.15) is 0 Å². The van der Waals surface area contributed by atoms with E-state index in [1.807, 2.05) is 0 Å². The third-order valence-corrected chi connectivity index (χ3v) is 6.49. The zero-order chi connectivity index (χ0) is 25.5. The lowest BCUT2D eigenvalue weighted by atomic mass is 10.1. The molecule has 0 aliphatic carbocycles. The zero-order valence-electron chi connectivity index (χ0n) is 20.9. The number of amides is 1. The first kappa shape index (κ1) is 25.8. The largest absolute Gasteiger partial charge is 0.403 e. The van der Waals surface area contributed by atoms with Gasteiger partial charge >= 0.3 is 6.01 Å². The Morgan fingerprint density at radius 3 is 2.67 bits per heavy atom. The van der Waals surface area contributed by atoms with E-state index in [0.29, 0.717) is 28.7 Å². The number of rotatable bonds is 10. The summed E-state index contributed by atoms with van der Waals surface area (Å²) < 4.78 is 20.0. The third-order valence-electron chi connectivity index (χ3n) is 6.49. The molecule has 0 saturated carbocycles. The van der Waals surface area contributed by atoms with E-state index in [2.05, 4.69) is 39.2 Å². The molecule has 1 amide bonds. The summed E-state index contributed by atoms with van der Waals surface area (Å²) in [6.45, 7) is 8.11. The Hall–Kier alpha value is -3.30. The third kappa shape index (κ3) is 6.27. The van der Waals surface area contributed by atoms with Gasteiger partial charge in [-0.15, -0.1) is 5.10 Å². The summed E-state index contributed by atoms with van der Waals surface area (Å²) >= 11 is 0. The molecule has 0 unspecified atom stereocenters. The van der Waals surface area contributed by atoms with E-state index in [1.165, 1.54) is 50.6 Å². The number of carbonyl (C=O) groups is 1. The Balaban J connectivity index is 1.45. The molecular formula is C27H34FN5O3. The van der Waals surface area contributed by atoms with E-state index in [1.54, 1.807) is 24.3 Å². The van der Waals surface area contributed by atoms with Crippen LogP contribution in [0.25, 0.3) is 11.5 Å². The van der Waals surface area contributed by atoms with Gasteiger partial charge in [0.1, 0.15) is 5.82 Å². The zero-order valence-corrected chi connectivity index (χ0v) is 20.9. The second kappa shape index (κ2) is 12.1. The molecule has 3 aromatic rings. The first-order valence-electron chi connectivity index (χ1n) is 12.6. The van der Waals surface area contributed by atoms with Gasteiger partial charge in [-0.05, 0) is 88.6 Å². The fraction of sp³-hybridized carbons (Fsp3) is 0.444. The van der Waals surface area contributed by atoms with E-state index in [0.717, 1.165) is 19.5 Å². The van der Waals surface area contributed by atoms with Crippen molar-refractivity contribution in [2.24, 2.45) is 0 Å². The van der Waals surface area contributed by atoms with E-state index < -0.39 is 11.7 Å². The van der Waals surface area contributed by atoms with E-state index >= 15 is 0 Å². The first-order valence-corrected chi connectivity index (χ1v) is 12.6. The van der Waals surface area contributed by atoms with Crippen molar-refractivity contribution < 1.29 is 18.7 Å². The van der Waals surface area contributed by atoms with Crippen LogP contribution in [0, 0.1) is 5.82 Å². The van der Waals surface area contributed by atoms with Crippen molar-refractivity contribution in [1.82, 2.24) is 15.1 Å².